The van der Waals surface area contributed by atoms with Gasteiger partial charge in [-0.3, -0.25) is 0 Å². The molecule has 124 valence electrons. The predicted octanol–water partition coefficient (Wildman–Crippen LogP) is 4.67. The number of aromatic nitrogens is 1. The van der Waals surface area contributed by atoms with Crippen molar-refractivity contribution in [1.82, 2.24) is 4.98 Å². The Hall–Kier alpha value is -3.19. The Balaban J connectivity index is 2.08. The molecule has 4 heteroatoms. The van der Waals surface area contributed by atoms with Crippen LogP contribution in [0.2, 0.25) is 0 Å². The molecule has 0 amide bonds. The van der Waals surface area contributed by atoms with Gasteiger partial charge in [-0.2, -0.15) is 5.26 Å². The van der Waals surface area contributed by atoms with E-state index in [9.17, 15) is 4.79 Å². The Morgan fingerprint density at radius 2 is 1.84 bits per heavy atom. The minimum Gasteiger partial charge on any atom is -0.462 e. The average Bonchev–Trinajstić information content (AvgIpc) is 2.65. The summed E-state index contributed by atoms with van der Waals surface area (Å²) in [4.78, 5) is 17.4. The van der Waals surface area contributed by atoms with Gasteiger partial charge in [0.2, 0.25) is 0 Å². The van der Waals surface area contributed by atoms with E-state index in [1.807, 2.05) is 61.5 Å². The van der Waals surface area contributed by atoms with Gasteiger partial charge in [-0.15, -0.1) is 0 Å². The molecule has 1 heterocycles. The summed E-state index contributed by atoms with van der Waals surface area (Å²) < 4.78 is 5.39. The lowest BCUT2D eigenvalue weighted by molar-refractivity contribution is 0.0503. The van der Waals surface area contributed by atoms with Crippen molar-refractivity contribution in [2.75, 3.05) is 6.61 Å². The van der Waals surface area contributed by atoms with E-state index in [-0.39, 0.29) is 12.6 Å². The van der Waals surface area contributed by atoms with E-state index in [2.05, 4.69) is 6.07 Å². The second kappa shape index (κ2) is 7.59. The minimum absolute atomic E-state index is 0.239. The highest BCUT2D eigenvalue weighted by molar-refractivity contribution is 6.06. The third-order valence-electron chi connectivity index (χ3n) is 4.05. The van der Waals surface area contributed by atoms with Crippen LogP contribution >= 0.6 is 0 Å². The van der Waals surface area contributed by atoms with Crippen molar-refractivity contribution in [1.29, 1.82) is 5.26 Å². The zero-order valence-corrected chi connectivity index (χ0v) is 14.0. The van der Waals surface area contributed by atoms with Gasteiger partial charge in [0.25, 0.3) is 0 Å². The van der Waals surface area contributed by atoms with Crippen LogP contribution in [0.1, 0.15) is 28.8 Å². The number of nitriles is 1. The number of pyridine rings is 1. The zero-order chi connectivity index (χ0) is 17.6. The molecular formula is C21H18N2O2. The number of ether oxygens (including phenoxy) is 1. The minimum atomic E-state index is -0.369. The van der Waals surface area contributed by atoms with E-state index in [0.717, 1.165) is 27.7 Å². The molecular weight excluding hydrogens is 312 g/mol. The van der Waals surface area contributed by atoms with Gasteiger partial charge in [-0.25, -0.2) is 9.78 Å². The molecule has 0 fully saturated rings. The summed E-state index contributed by atoms with van der Waals surface area (Å²) in [5, 5.41) is 9.38. The third kappa shape index (κ3) is 3.51. The Bertz CT molecular complexity index is 943. The molecule has 0 unspecified atom stereocenters. The number of carbonyl (C=O) groups is 1. The first kappa shape index (κ1) is 16.7. The standard InChI is InChI=1S/C21H18N2O2/c1-15-19(21(24)25-14-8-7-13-22)17-11-5-6-12-18(17)23-20(15)16-9-3-2-4-10-16/h2-6,9-12H,7-8,14H2,1H3. The van der Waals surface area contributed by atoms with Crippen molar-refractivity contribution in [2.45, 2.75) is 19.8 Å². The van der Waals surface area contributed by atoms with Gasteiger partial charge in [-0.1, -0.05) is 48.5 Å². The summed E-state index contributed by atoms with van der Waals surface area (Å²) in [6.45, 7) is 2.14. The first-order chi connectivity index (χ1) is 12.2. The second-order valence-electron chi connectivity index (χ2n) is 5.74. The van der Waals surface area contributed by atoms with Crippen LogP contribution in [0.15, 0.2) is 54.6 Å². The maximum atomic E-state index is 12.7. The lowest BCUT2D eigenvalue weighted by Crippen LogP contribution is -2.10. The summed E-state index contributed by atoms with van der Waals surface area (Å²) in [5.41, 5.74) is 3.85. The van der Waals surface area contributed by atoms with Crippen molar-refractivity contribution in [2.24, 2.45) is 0 Å². The van der Waals surface area contributed by atoms with Crippen LogP contribution in [-0.4, -0.2) is 17.6 Å². The van der Waals surface area contributed by atoms with E-state index in [1.165, 1.54) is 0 Å². The summed E-state index contributed by atoms with van der Waals surface area (Å²) in [5.74, 6) is -0.369. The number of nitrogens with zero attached hydrogens (tertiary/aromatic N) is 2. The number of para-hydroxylation sites is 1. The molecule has 0 spiro atoms. The fourth-order valence-corrected chi connectivity index (χ4v) is 2.84. The fraction of sp³-hybridized carbons (Fsp3) is 0.190. The van der Waals surface area contributed by atoms with E-state index in [4.69, 9.17) is 15.0 Å². The van der Waals surface area contributed by atoms with Crippen LogP contribution in [0.4, 0.5) is 0 Å². The van der Waals surface area contributed by atoms with Crippen LogP contribution < -0.4 is 0 Å². The quantitative estimate of drug-likeness (QED) is 0.504. The molecule has 0 aliphatic rings. The lowest BCUT2D eigenvalue weighted by Gasteiger charge is -2.14. The molecule has 4 nitrogen and oxygen atoms in total. The van der Waals surface area contributed by atoms with Gasteiger partial charge in [0.1, 0.15) is 0 Å². The van der Waals surface area contributed by atoms with Gasteiger partial charge in [0, 0.05) is 17.4 Å². The maximum absolute atomic E-state index is 12.7. The van der Waals surface area contributed by atoms with Crippen molar-refractivity contribution in [3.63, 3.8) is 0 Å². The van der Waals surface area contributed by atoms with E-state index in [0.29, 0.717) is 18.4 Å². The first-order valence-electron chi connectivity index (χ1n) is 8.21. The molecule has 0 aliphatic carbocycles. The summed E-state index contributed by atoms with van der Waals surface area (Å²) in [7, 11) is 0. The zero-order valence-electron chi connectivity index (χ0n) is 14.0. The van der Waals surface area contributed by atoms with E-state index < -0.39 is 0 Å². The number of fused-ring (bicyclic) bond motifs is 1. The molecule has 0 atom stereocenters. The molecule has 0 saturated heterocycles. The van der Waals surface area contributed by atoms with Gasteiger partial charge in [0.15, 0.2) is 0 Å². The SMILES string of the molecule is Cc1c(-c2ccccc2)nc2ccccc2c1C(=O)OCCCC#N. The van der Waals surface area contributed by atoms with Crippen LogP contribution in [0.5, 0.6) is 0 Å². The fourth-order valence-electron chi connectivity index (χ4n) is 2.84. The number of esters is 1. The van der Waals surface area contributed by atoms with Crippen LogP contribution in [0.25, 0.3) is 22.2 Å². The Labute approximate surface area is 146 Å². The largest absolute Gasteiger partial charge is 0.462 e. The number of hydrogen-bond donors (Lipinski definition) is 0. The van der Waals surface area contributed by atoms with Gasteiger partial charge in [-0.05, 0) is 25.0 Å². The number of unbranched alkanes of at least 4 members (excludes halogenated alkanes) is 1. The van der Waals surface area contributed by atoms with Crippen LogP contribution in [-0.2, 0) is 4.74 Å². The molecule has 0 radical (unpaired) electrons. The summed E-state index contributed by atoms with van der Waals surface area (Å²) in [6, 6.07) is 19.4. The monoisotopic (exact) mass is 330 g/mol. The van der Waals surface area contributed by atoms with Crippen LogP contribution in [0, 0.1) is 18.3 Å². The Morgan fingerprint density at radius 3 is 2.60 bits per heavy atom. The topological polar surface area (TPSA) is 63.0 Å². The van der Waals surface area contributed by atoms with Crippen LogP contribution in [0.3, 0.4) is 0 Å². The highest BCUT2D eigenvalue weighted by atomic mass is 16.5. The number of carbonyl (C=O) groups excluding carboxylic acids is 1. The number of hydrogen-bond acceptors (Lipinski definition) is 4. The molecule has 0 N–H and O–H groups in total. The lowest BCUT2D eigenvalue weighted by atomic mass is 9.98. The third-order valence-corrected chi connectivity index (χ3v) is 4.05. The smallest absolute Gasteiger partial charge is 0.339 e. The summed E-state index contributed by atoms with van der Waals surface area (Å²) >= 11 is 0. The predicted molar refractivity (Wildman–Crippen MR) is 97.0 cm³/mol. The molecule has 0 saturated carbocycles. The molecule has 3 rings (SSSR count). The van der Waals surface area contributed by atoms with Crippen molar-refractivity contribution in [3.05, 3.63) is 65.7 Å². The molecule has 0 aliphatic heterocycles. The first-order valence-corrected chi connectivity index (χ1v) is 8.21. The van der Waals surface area contributed by atoms with Gasteiger partial charge < -0.3 is 4.74 Å². The Kier molecular flexibility index (Phi) is 5.06. The number of rotatable bonds is 5. The molecule has 0 bridgehead atoms. The highest BCUT2D eigenvalue weighted by Gasteiger charge is 2.19. The highest BCUT2D eigenvalue weighted by Crippen LogP contribution is 2.30. The van der Waals surface area contributed by atoms with Crippen molar-refractivity contribution < 1.29 is 9.53 Å². The van der Waals surface area contributed by atoms with E-state index >= 15 is 0 Å². The molecule has 25 heavy (non-hydrogen) atoms. The summed E-state index contributed by atoms with van der Waals surface area (Å²) in [6.07, 6.45) is 0.911. The van der Waals surface area contributed by atoms with Crippen molar-refractivity contribution >= 4 is 16.9 Å². The average molecular weight is 330 g/mol. The molecule has 2 aromatic carbocycles. The maximum Gasteiger partial charge on any atom is 0.339 e. The number of benzene rings is 2. The van der Waals surface area contributed by atoms with E-state index in [1.54, 1.807) is 0 Å². The normalized spacial score (nSPS) is 10.4. The van der Waals surface area contributed by atoms with Crippen molar-refractivity contribution in [3.8, 4) is 17.3 Å². The van der Waals surface area contributed by atoms with Gasteiger partial charge in [0.05, 0.1) is 29.5 Å². The second-order valence-corrected chi connectivity index (χ2v) is 5.74. The van der Waals surface area contributed by atoms with Gasteiger partial charge >= 0.3 is 5.97 Å². The molecule has 1 aromatic heterocycles. The Morgan fingerprint density at radius 1 is 1.12 bits per heavy atom. The molecule has 3 aromatic rings.